The minimum atomic E-state index is -3.50. The second-order valence-corrected chi connectivity index (χ2v) is 9.23. The van der Waals surface area contributed by atoms with Gasteiger partial charge in [-0.05, 0) is 31.0 Å². The summed E-state index contributed by atoms with van der Waals surface area (Å²) in [5.41, 5.74) is 0.707. The van der Waals surface area contributed by atoms with E-state index in [9.17, 15) is 13.5 Å². The quantitative estimate of drug-likeness (QED) is 0.908. The lowest BCUT2D eigenvalue weighted by Gasteiger charge is -2.25. The maximum absolute atomic E-state index is 12.7. The van der Waals surface area contributed by atoms with Gasteiger partial charge in [-0.15, -0.1) is 0 Å². The number of benzene rings is 1. The van der Waals surface area contributed by atoms with E-state index in [4.69, 9.17) is 0 Å². The third-order valence-electron chi connectivity index (χ3n) is 4.79. The average Bonchev–Trinajstić information content (AvgIpc) is 3.15. The third kappa shape index (κ3) is 2.26. The number of nitrogens with zero attached hydrogens (tertiary/aromatic N) is 3. The molecule has 1 saturated heterocycles. The number of hydrogen-bond acceptors (Lipinski definition) is 4. The molecule has 7 heteroatoms. The molecule has 1 fully saturated rings. The Hall–Kier alpha value is -1.86. The van der Waals surface area contributed by atoms with Gasteiger partial charge in [0.2, 0.25) is 10.0 Å². The first-order valence-corrected chi connectivity index (χ1v) is 9.64. The molecule has 0 unspecified atom stereocenters. The third-order valence-corrected chi connectivity index (χ3v) is 6.68. The maximum atomic E-state index is 12.7. The van der Waals surface area contributed by atoms with E-state index >= 15 is 0 Å². The summed E-state index contributed by atoms with van der Waals surface area (Å²) >= 11 is 0. The lowest BCUT2D eigenvalue weighted by atomic mass is 9.94. The molecular weight excluding hydrogens is 326 g/mol. The van der Waals surface area contributed by atoms with E-state index in [1.165, 1.54) is 4.31 Å². The van der Waals surface area contributed by atoms with Crippen molar-refractivity contribution in [3.05, 3.63) is 18.2 Å². The highest BCUT2D eigenvalue weighted by Crippen LogP contribution is 2.43. The monoisotopic (exact) mass is 347 g/mol. The van der Waals surface area contributed by atoms with Crippen LogP contribution in [0.15, 0.2) is 28.1 Å². The molecule has 3 heterocycles. The van der Waals surface area contributed by atoms with Crippen LogP contribution in [0.2, 0.25) is 0 Å². The molecule has 0 radical (unpaired) electrons. The Labute approximate surface area is 141 Å². The Morgan fingerprint density at radius 3 is 2.62 bits per heavy atom. The zero-order valence-corrected chi connectivity index (χ0v) is 14.7. The van der Waals surface area contributed by atoms with Crippen molar-refractivity contribution in [1.82, 2.24) is 8.87 Å². The van der Waals surface area contributed by atoms with E-state index in [-0.39, 0.29) is 16.1 Å². The summed E-state index contributed by atoms with van der Waals surface area (Å²) in [4.78, 5) is 4.61. The molecule has 1 aromatic heterocycles. The molecule has 2 aliphatic rings. The molecule has 24 heavy (non-hydrogen) atoms. The summed E-state index contributed by atoms with van der Waals surface area (Å²) in [6.07, 6.45) is 3.64. The molecule has 0 atom stereocenters. The van der Waals surface area contributed by atoms with Gasteiger partial charge in [0, 0.05) is 36.7 Å². The Balaban J connectivity index is 1.86. The lowest BCUT2D eigenvalue weighted by molar-refractivity contribution is 0.429. The summed E-state index contributed by atoms with van der Waals surface area (Å²) in [7, 11) is -3.50. The van der Waals surface area contributed by atoms with Crippen LogP contribution in [0.5, 0.6) is 5.75 Å². The van der Waals surface area contributed by atoms with Crippen LogP contribution in [0.1, 0.15) is 26.7 Å². The smallest absolute Gasteiger partial charge is 0.243 e. The van der Waals surface area contributed by atoms with Crippen LogP contribution < -0.4 is 0 Å². The maximum Gasteiger partial charge on any atom is 0.243 e. The average molecular weight is 347 g/mol. The predicted octanol–water partition coefficient (Wildman–Crippen LogP) is 2.87. The number of aliphatic imine (C=N–C) groups is 1. The van der Waals surface area contributed by atoms with Crippen molar-refractivity contribution >= 4 is 33.0 Å². The van der Waals surface area contributed by atoms with Gasteiger partial charge in [-0.3, -0.25) is 0 Å². The Morgan fingerprint density at radius 1 is 1.21 bits per heavy atom. The van der Waals surface area contributed by atoms with Gasteiger partial charge in [-0.1, -0.05) is 13.8 Å². The zero-order chi connectivity index (χ0) is 17.1. The molecule has 0 bridgehead atoms. The molecular formula is C17H21N3O3S. The minimum absolute atomic E-state index is 0.0511. The summed E-state index contributed by atoms with van der Waals surface area (Å²) in [6.45, 7) is 5.98. The van der Waals surface area contributed by atoms with E-state index in [0.717, 1.165) is 18.4 Å². The number of rotatable bonds is 2. The van der Waals surface area contributed by atoms with E-state index in [1.807, 2.05) is 10.8 Å². The van der Waals surface area contributed by atoms with Crippen molar-refractivity contribution in [1.29, 1.82) is 0 Å². The number of aromatic nitrogens is 1. The number of sulfonamides is 1. The van der Waals surface area contributed by atoms with Crippen LogP contribution in [-0.4, -0.2) is 41.7 Å². The van der Waals surface area contributed by atoms with Crippen LogP contribution in [0, 0.1) is 5.41 Å². The van der Waals surface area contributed by atoms with Crippen molar-refractivity contribution < 1.29 is 13.5 Å². The first-order valence-electron chi connectivity index (χ1n) is 8.20. The molecule has 0 spiro atoms. The molecule has 0 saturated carbocycles. The van der Waals surface area contributed by atoms with Crippen LogP contribution >= 0.6 is 0 Å². The fourth-order valence-corrected chi connectivity index (χ4v) is 5.06. The molecule has 0 amide bonds. The topological polar surface area (TPSA) is 74.9 Å². The van der Waals surface area contributed by atoms with Gasteiger partial charge in [0.15, 0.2) is 11.6 Å². The number of hydrogen-bond donors (Lipinski definition) is 1. The Kier molecular flexibility index (Phi) is 3.30. The molecule has 2 aromatic rings. The number of fused-ring (bicyclic) bond motifs is 3. The fourth-order valence-electron chi connectivity index (χ4n) is 3.52. The molecule has 1 N–H and O–H groups in total. The Morgan fingerprint density at radius 2 is 1.92 bits per heavy atom. The van der Waals surface area contributed by atoms with Crippen molar-refractivity contribution in [3.8, 4) is 5.75 Å². The highest BCUT2D eigenvalue weighted by Gasteiger charge is 2.30. The summed E-state index contributed by atoms with van der Waals surface area (Å²) < 4.78 is 29.0. The molecule has 1 aromatic carbocycles. The molecule has 0 aliphatic carbocycles. The summed E-state index contributed by atoms with van der Waals surface area (Å²) in [6, 6.07) is 4.98. The second-order valence-electron chi connectivity index (χ2n) is 7.30. The van der Waals surface area contributed by atoms with Crippen LogP contribution in [0.3, 0.4) is 0 Å². The first kappa shape index (κ1) is 15.7. The molecule has 2 aliphatic heterocycles. The van der Waals surface area contributed by atoms with E-state index in [1.54, 1.807) is 18.2 Å². The van der Waals surface area contributed by atoms with Crippen LogP contribution in [0.25, 0.3) is 10.9 Å². The lowest BCUT2D eigenvalue weighted by Crippen LogP contribution is -2.27. The van der Waals surface area contributed by atoms with Gasteiger partial charge in [-0.2, -0.15) is 4.31 Å². The molecule has 4 rings (SSSR count). The van der Waals surface area contributed by atoms with E-state index in [0.29, 0.717) is 30.8 Å². The second kappa shape index (κ2) is 5.07. The van der Waals surface area contributed by atoms with E-state index < -0.39 is 10.0 Å². The summed E-state index contributed by atoms with van der Waals surface area (Å²) in [5, 5.41) is 11.1. The van der Waals surface area contributed by atoms with Crippen LogP contribution in [-0.2, 0) is 16.6 Å². The normalized spacial score (nSPS) is 20.6. The molecule has 6 nitrogen and oxygen atoms in total. The standard InChI is InChI=1S/C17H21N3O3S/c1-17(2)10-18-16-15(21)13-9-12(5-6-14(13)20(16)11-17)24(22,23)19-7-3-4-8-19/h5-6,9-10,21H,3-4,7-8,11H2,1-2H3. The Bertz CT molecular complexity index is 951. The predicted molar refractivity (Wildman–Crippen MR) is 93.5 cm³/mol. The van der Waals surface area contributed by atoms with Gasteiger partial charge < -0.3 is 9.67 Å². The van der Waals surface area contributed by atoms with Crippen molar-refractivity contribution in [2.75, 3.05) is 13.1 Å². The fraction of sp³-hybridized carbons (Fsp3) is 0.471. The summed E-state index contributed by atoms with van der Waals surface area (Å²) in [5.74, 6) is 0.551. The SMILES string of the molecule is CC1(C)C=Nc2c(O)c3cc(S(=O)(=O)N4CCCC4)ccc3n2C1. The minimum Gasteiger partial charge on any atom is -0.504 e. The van der Waals surface area contributed by atoms with Crippen molar-refractivity contribution in [3.63, 3.8) is 0 Å². The van der Waals surface area contributed by atoms with Crippen molar-refractivity contribution in [2.45, 2.75) is 38.1 Å². The largest absolute Gasteiger partial charge is 0.504 e. The highest BCUT2D eigenvalue weighted by molar-refractivity contribution is 7.89. The number of aromatic hydroxyl groups is 1. The molecule has 128 valence electrons. The van der Waals surface area contributed by atoms with Gasteiger partial charge in [0.05, 0.1) is 10.4 Å². The van der Waals surface area contributed by atoms with Gasteiger partial charge in [-0.25, -0.2) is 13.4 Å². The van der Waals surface area contributed by atoms with Gasteiger partial charge in [0.25, 0.3) is 0 Å². The van der Waals surface area contributed by atoms with Crippen molar-refractivity contribution in [2.24, 2.45) is 10.4 Å². The van der Waals surface area contributed by atoms with E-state index in [2.05, 4.69) is 18.8 Å². The highest BCUT2D eigenvalue weighted by atomic mass is 32.2. The van der Waals surface area contributed by atoms with Gasteiger partial charge in [0.1, 0.15) is 0 Å². The van der Waals surface area contributed by atoms with Gasteiger partial charge >= 0.3 is 0 Å². The van der Waals surface area contributed by atoms with Crippen LogP contribution in [0.4, 0.5) is 5.82 Å². The zero-order valence-electron chi connectivity index (χ0n) is 13.9. The first-order chi connectivity index (χ1) is 11.3.